The molecule has 1 saturated carbocycles. The van der Waals surface area contributed by atoms with Gasteiger partial charge in [-0.15, -0.1) is 0 Å². The van der Waals surface area contributed by atoms with Crippen molar-refractivity contribution in [2.75, 3.05) is 0 Å². The van der Waals surface area contributed by atoms with Gasteiger partial charge < -0.3 is 11.1 Å². The lowest BCUT2D eigenvalue weighted by Crippen LogP contribution is -2.33. The van der Waals surface area contributed by atoms with Crippen molar-refractivity contribution in [2.45, 2.75) is 25.4 Å². The van der Waals surface area contributed by atoms with Gasteiger partial charge in [-0.2, -0.15) is 0 Å². The predicted octanol–water partition coefficient (Wildman–Crippen LogP) is 1.80. The number of pyridine rings is 1. The summed E-state index contributed by atoms with van der Waals surface area (Å²) in [6, 6.07) is 10.7. The van der Waals surface area contributed by atoms with Crippen LogP contribution >= 0.6 is 0 Å². The van der Waals surface area contributed by atoms with Gasteiger partial charge in [-0.25, -0.2) is 4.99 Å². The topological polar surface area (TPSA) is 63.3 Å². The molecule has 0 unspecified atom stereocenters. The van der Waals surface area contributed by atoms with Crippen LogP contribution < -0.4 is 11.1 Å². The highest BCUT2D eigenvalue weighted by Crippen LogP contribution is 2.19. The molecule has 1 fully saturated rings. The Balaban J connectivity index is 1.81. The largest absolute Gasteiger partial charge is 0.370 e. The highest BCUT2D eigenvalue weighted by molar-refractivity contribution is 5.82. The number of hydrogen-bond acceptors (Lipinski definition) is 2. The van der Waals surface area contributed by atoms with E-state index in [4.69, 9.17) is 5.73 Å². The van der Waals surface area contributed by atoms with Gasteiger partial charge in [0.15, 0.2) is 5.96 Å². The number of nitrogens with two attached hydrogens (primary N) is 1. The number of aromatic nitrogens is 1. The van der Waals surface area contributed by atoms with Gasteiger partial charge >= 0.3 is 0 Å². The van der Waals surface area contributed by atoms with Crippen molar-refractivity contribution in [3.05, 3.63) is 42.1 Å². The Morgan fingerprint density at radius 3 is 3.00 bits per heavy atom. The molecule has 0 spiro atoms. The quantitative estimate of drug-likeness (QED) is 0.635. The Labute approximate surface area is 106 Å². The van der Waals surface area contributed by atoms with E-state index in [9.17, 15) is 0 Å². The molecule has 1 aliphatic rings. The highest BCUT2D eigenvalue weighted by Gasteiger charge is 2.21. The molecule has 1 heterocycles. The average molecular weight is 240 g/mol. The zero-order valence-electron chi connectivity index (χ0n) is 10.1. The van der Waals surface area contributed by atoms with Crippen LogP contribution in [0, 0.1) is 0 Å². The molecule has 2 aromatic rings. The third-order valence-electron chi connectivity index (χ3n) is 3.07. The fourth-order valence-electron chi connectivity index (χ4n) is 1.95. The molecular weight excluding hydrogens is 224 g/mol. The van der Waals surface area contributed by atoms with Gasteiger partial charge in [-0.3, -0.25) is 4.98 Å². The Bertz CT molecular complexity index is 582. The van der Waals surface area contributed by atoms with Crippen LogP contribution in [-0.2, 0) is 6.54 Å². The van der Waals surface area contributed by atoms with Gasteiger partial charge in [0, 0.05) is 17.6 Å². The summed E-state index contributed by atoms with van der Waals surface area (Å²) in [6.45, 7) is 0.569. The first-order valence-corrected chi connectivity index (χ1v) is 6.22. The Hall–Kier alpha value is -2.10. The van der Waals surface area contributed by atoms with Gasteiger partial charge in [-0.05, 0) is 24.5 Å². The number of nitrogens with one attached hydrogen (secondary N) is 1. The van der Waals surface area contributed by atoms with Crippen LogP contribution in [-0.4, -0.2) is 17.0 Å². The first kappa shape index (κ1) is 11.0. The number of nitrogens with zero attached hydrogens (tertiary/aromatic N) is 2. The van der Waals surface area contributed by atoms with Crippen molar-refractivity contribution in [1.82, 2.24) is 10.3 Å². The standard InChI is InChI=1S/C14H16N4/c15-14(18-12-6-7-12)17-9-11-4-1-3-10-5-2-8-16-13(10)11/h1-5,8,12H,6-7,9H2,(H3,15,17,18). The van der Waals surface area contributed by atoms with Crippen LogP contribution in [0.25, 0.3) is 10.9 Å². The molecule has 0 saturated heterocycles. The number of guanidine groups is 1. The lowest BCUT2D eigenvalue weighted by molar-refractivity contribution is 0.879. The monoisotopic (exact) mass is 240 g/mol. The van der Waals surface area contributed by atoms with E-state index in [0.717, 1.165) is 16.5 Å². The second-order valence-corrected chi connectivity index (χ2v) is 4.61. The van der Waals surface area contributed by atoms with Crippen molar-refractivity contribution < 1.29 is 0 Å². The van der Waals surface area contributed by atoms with Gasteiger partial charge in [0.2, 0.25) is 0 Å². The second-order valence-electron chi connectivity index (χ2n) is 4.61. The lowest BCUT2D eigenvalue weighted by Gasteiger charge is -2.05. The predicted molar refractivity (Wildman–Crippen MR) is 73.2 cm³/mol. The number of hydrogen-bond donors (Lipinski definition) is 2. The number of aliphatic imine (C=N–C) groups is 1. The van der Waals surface area contributed by atoms with E-state index in [1.54, 1.807) is 6.20 Å². The van der Waals surface area contributed by atoms with Crippen LogP contribution in [0.15, 0.2) is 41.5 Å². The normalized spacial score (nSPS) is 15.9. The minimum Gasteiger partial charge on any atom is -0.370 e. The number of para-hydroxylation sites is 1. The first-order chi connectivity index (χ1) is 8.83. The van der Waals surface area contributed by atoms with Gasteiger partial charge in [0.05, 0.1) is 12.1 Å². The van der Waals surface area contributed by atoms with Gasteiger partial charge in [0.1, 0.15) is 0 Å². The molecule has 0 amide bonds. The van der Waals surface area contributed by atoms with E-state index in [0.29, 0.717) is 18.5 Å². The van der Waals surface area contributed by atoms with Crippen LogP contribution in [0.4, 0.5) is 0 Å². The average Bonchev–Trinajstić information content (AvgIpc) is 3.20. The molecule has 0 aliphatic heterocycles. The van der Waals surface area contributed by atoms with E-state index in [-0.39, 0.29) is 0 Å². The summed E-state index contributed by atoms with van der Waals surface area (Å²) in [5, 5.41) is 4.32. The molecule has 3 rings (SSSR count). The van der Waals surface area contributed by atoms with Crippen LogP contribution in [0.3, 0.4) is 0 Å². The summed E-state index contributed by atoms with van der Waals surface area (Å²) < 4.78 is 0. The molecule has 92 valence electrons. The summed E-state index contributed by atoms with van der Waals surface area (Å²) in [4.78, 5) is 8.77. The molecular formula is C14H16N4. The zero-order valence-corrected chi connectivity index (χ0v) is 10.1. The minimum absolute atomic E-state index is 0.533. The lowest BCUT2D eigenvalue weighted by atomic mass is 10.1. The molecule has 0 bridgehead atoms. The van der Waals surface area contributed by atoms with E-state index < -0.39 is 0 Å². The van der Waals surface area contributed by atoms with Crippen LogP contribution in [0.5, 0.6) is 0 Å². The molecule has 1 aliphatic carbocycles. The van der Waals surface area contributed by atoms with Crippen molar-refractivity contribution in [3.8, 4) is 0 Å². The fraction of sp³-hybridized carbons (Fsp3) is 0.286. The van der Waals surface area contributed by atoms with Crippen LogP contribution in [0.1, 0.15) is 18.4 Å². The number of benzene rings is 1. The van der Waals surface area contributed by atoms with E-state index >= 15 is 0 Å². The van der Waals surface area contributed by atoms with Crippen molar-refractivity contribution in [2.24, 2.45) is 10.7 Å². The maximum absolute atomic E-state index is 5.83. The van der Waals surface area contributed by atoms with Gasteiger partial charge in [-0.1, -0.05) is 24.3 Å². The van der Waals surface area contributed by atoms with E-state index in [2.05, 4.69) is 27.4 Å². The third-order valence-corrected chi connectivity index (χ3v) is 3.07. The van der Waals surface area contributed by atoms with Gasteiger partial charge in [0.25, 0.3) is 0 Å². The zero-order chi connectivity index (χ0) is 12.4. The molecule has 4 nitrogen and oxygen atoms in total. The summed E-state index contributed by atoms with van der Waals surface area (Å²) >= 11 is 0. The van der Waals surface area contributed by atoms with Crippen molar-refractivity contribution in [3.63, 3.8) is 0 Å². The molecule has 0 radical (unpaired) electrons. The van der Waals surface area contributed by atoms with Crippen LogP contribution in [0.2, 0.25) is 0 Å². The smallest absolute Gasteiger partial charge is 0.189 e. The molecule has 3 N–H and O–H groups in total. The van der Waals surface area contributed by atoms with E-state index in [1.165, 1.54) is 12.8 Å². The summed E-state index contributed by atoms with van der Waals surface area (Å²) in [5.74, 6) is 0.533. The maximum Gasteiger partial charge on any atom is 0.189 e. The molecule has 0 atom stereocenters. The summed E-state index contributed by atoms with van der Waals surface area (Å²) in [5.41, 5.74) is 7.93. The molecule has 1 aromatic carbocycles. The highest BCUT2D eigenvalue weighted by atomic mass is 15.1. The number of rotatable bonds is 3. The third kappa shape index (κ3) is 2.42. The second kappa shape index (κ2) is 4.64. The fourth-order valence-corrected chi connectivity index (χ4v) is 1.95. The maximum atomic E-state index is 5.83. The number of fused-ring (bicyclic) bond motifs is 1. The Morgan fingerprint density at radius 2 is 2.17 bits per heavy atom. The SMILES string of the molecule is NC(=NCc1cccc2cccnc12)NC1CC1. The minimum atomic E-state index is 0.533. The summed E-state index contributed by atoms with van der Waals surface area (Å²) in [6.07, 6.45) is 4.21. The Kier molecular flexibility index (Phi) is 2.84. The van der Waals surface area contributed by atoms with Crippen molar-refractivity contribution in [1.29, 1.82) is 0 Å². The molecule has 18 heavy (non-hydrogen) atoms. The first-order valence-electron chi connectivity index (χ1n) is 6.22. The van der Waals surface area contributed by atoms with Crippen molar-refractivity contribution >= 4 is 16.9 Å². The van der Waals surface area contributed by atoms with E-state index in [1.807, 2.05) is 18.2 Å². The Morgan fingerprint density at radius 1 is 1.33 bits per heavy atom. The summed E-state index contributed by atoms with van der Waals surface area (Å²) in [7, 11) is 0. The molecule has 1 aromatic heterocycles. The molecule has 4 heteroatoms.